The number of aliphatic carboxylic acids is 1. The fourth-order valence-electron chi connectivity index (χ4n) is 3.06. The van der Waals surface area contributed by atoms with E-state index in [1.54, 1.807) is 18.2 Å². The lowest BCUT2D eigenvalue weighted by atomic mass is 10.0. The van der Waals surface area contributed by atoms with Gasteiger partial charge in [0.1, 0.15) is 12.4 Å². The van der Waals surface area contributed by atoms with Crippen LogP contribution in [0.15, 0.2) is 54.6 Å². The van der Waals surface area contributed by atoms with Gasteiger partial charge in [-0.1, -0.05) is 48.5 Å². The van der Waals surface area contributed by atoms with Crippen LogP contribution >= 0.6 is 0 Å². The van der Waals surface area contributed by atoms with E-state index in [-0.39, 0.29) is 5.57 Å². The molecule has 1 saturated heterocycles. The Balaban J connectivity index is 1.77. The Kier molecular flexibility index (Phi) is 5.86. The van der Waals surface area contributed by atoms with E-state index in [2.05, 4.69) is 4.90 Å². The SMILES string of the molecule is O=C(O)C(=Cc1ccccc1OCCN1CCCC1)c1ccccc1. The van der Waals surface area contributed by atoms with E-state index in [4.69, 9.17) is 4.74 Å². The predicted octanol–water partition coefficient (Wildman–Crippen LogP) is 3.79. The normalized spacial score (nSPS) is 15.3. The Bertz CT molecular complexity index is 734. The average molecular weight is 337 g/mol. The summed E-state index contributed by atoms with van der Waals surface area (Å²) in [6, 6.07) is 16.7. The Labute approximate surface area is 148 Å². The van der Waals surface area contributed by atoms with Crippen molar-refractivity contribution in [1.82, 2.24) is 4.90 Å². The predicted molar refractivity (Wildman–Crippen MR) is 99.6 cm³/mol. The summed E-state index contributed by atoms with van der Waals surface area (Å²) in [5, 5.41) is 9.58. The van der Waals surface area contributed by atoms with Crippen molar-refractivity contribution >= 4 is 17.6 Å². The van der Waals surface area contributed by atoms with Crippen molar-refractivity contribution in [1.29, 1.82) is 0 Å². The minimum Gasteiger partial charge on any atom is -0.492 e. The highest BCUT2D eigenvalue weighted by molar-refractivity contribution is 6.20. The Morgan fingerprint density at radius 1 is 1.04 bits per heavy atom. The summed E-state index contributed by atoms with van der Waals surface area (Å²) in [7, 11) is 0. The van der Waals surface area contributed by atoms with Crippen LogP contribution in [-0.2, 0) is 4.79 Å². The number of carboxylic acid groups (broad SMARTS) is 1. The molecular weight excluding hydrogens is 314 g/mol. The minimum absolute atomic E-state index is 0.260. The molecule has 0 unspecified atom stereocenters. The first-order valence-electron chi connectivity index (χ1n) is 8.68. The number of carboxylic acids is 1. The van der Waals surface area contributed by atoms with Crippen molar-refractivity contribution < 1.29 is 14.6 Å². The van der Waals surface area contributed by atoms with Gasteiger partial charge in [0.2, 0.25) is 0 Å². The van der Waals surface area contributed by atoms with Crippen LogP contribution in [0.1, 0.15) is 24.0 Å². The van der Waals surface area contributed by atoms with Crippen molar-refractivity contribution in [2.45, 2.75) is 12.8 Å². The number of ether oxygens (including phenoxy) is 1. The number of carbonyl (C=O) groups is 1. The molecule has 130 valence electrons. The van der Waals surface area contributed by atoms with E-state index in [0.717, 1.165) is 30.9 Å². The van der Waals surface area contributed by atoms with Gasteiger partial charge in [-0.3, -0.25) is 4.90 Å². The number of hydrogen-bond acceptors (Lipinski definition) is 3. The molecule has 0 spiro atoms. The molecule has 1 aliphatic heterocycles. The molecular formula is C21H23NO3. The number of nitrogens with zero attached hydrogens (tertiary/aromatic N) is 1. The number of benzene rings is 2. The second kappa shape index (κ2) is 8.49. The fraction of sp³-hybridized carbons (Fsp3) is 0.286. The van der Waals surface area contributed by atoms with Gasteiger partial charge in [0.25, 0.3) is 0 Å². The maximum atomic E-state index is 11.7. The molecule has 0 aliphatic carbocycles. The van der Waals surface area contributed by atoms with Crippen molar-refractivity contribution in [3.8, 4) is 5.75 Å². The molecule has 1 N–H and O–H groups in total. The quantitative estimate of drug-likeness (QED) is 0.617. The zero-order chi connectivity index (χ0) is 17.5. The van der Waals surface area contributed by atoms with Gasteiger partial charge < -0.3 is 9.84 Å². The van der Waals surface area contributed by atoms with Gasteiger partial charge in [-0.25, -0.2) is 4.79 Å². The third kappa shape index (κ3) is 4.70. The molecule has 2 aromatic rings. The number of para-hydroxylation sites is 1. The summed E-state index contributed by atoms with van der Waals surface area (Å²) >= 11 is 0. The molecule has 1 fully saturated rings. The van der Waals surface area contributed by atoms with Crippen LogP contribution in [0.4, 0.5) is 0 Å². The molecule has 3 rings (SSSR count). The molecule has 0 radical (unpaired) electrons. The average Bonchev–Trinajstić information content (AvgIpc) is 3.15. The van der Waals surface area contributed by atoms with Crippen molar-refractivity contribution in [2.75, 3.05) is 26.2 Å². The lowest BCUT2D eigenvalue weighted by molar-refractivity contribution is -0.130. The van der Waals surface area contributed by atoms with Crippen molar-refractivity contribution in [3.63, 3.8) is 0 Å². The van der Waals surface area contributed by atoms with E-state index in [0.29, 0.717) is 12.2 Å². The summed E-state index contributed by atoms with van der Waals surface area (Å²) in [5.74, 6) is -0.227. The second-order valence-electron chi connectivity index (χ2n) is 6.16. The van der Waals surface area contributed by atoms with Crippen LogP contribution in [0, 0.1) is 0 Å². The molecule has 2 aromatic carbocycles. The molecule has 0 amide bonds. The molecule has 1 heterocycles. The van der Waals surface area contributed by atoms with Crippen LogP contribution in [0.25, 0.3) is 11.6 Å². The van der Waals surface area contributed by atoms with E-state index in [9.17, 15) is 9.90 Å². The molecule has 4 nitrogen and oxygen atoms in total. The third-order valence-electron chi connectivity index (χ3n) is 4.40. The smallest absolute Gasteiger partial charge is 0.336 e. The monoisotopic (exact) mass is 337 g/mol. The van der Waals surface area contributed by atoms with E-state index >= 15 is 0 Å². The first kappa shape index (κ1) is 17.2. The van der Waals surface area contributed by atoms with Crippen molar-refractivity contribution in [2.24, 2.45) is 0 Å². The number of hydrogen-bond donors (Lipinski definition) is 1. The van der Waals surface area contributed by atoms with Gasteiger partial charge >= 0.3 is 5.97 Å². The lowest BCUT2D eigenvalue weighted by Crippen LogP contribution is -2.25. The van der Waals surface area contributed by atoms with Gasteiger partial charge in [0, 0.05) is 12.1 Å². The van der Waals surface area contributed by atoms with E-state index < -0.39 is 5.97 Å². The summed E-state index contributed by atoms with van der Waals surface area (Å²) in [6.07, 6.45) is 4.21. The van der Waals surface area contributed by atoms with Gasteiger partial charge in [-0.05, 0) is 43.6 Å². The van der Waals surface area contributed by atoms with Gasteiger partial charge in [0.05, 0.1) is 5.57 Å². The number of likely N-dealkylation sites (tertiary alicyclic amines) is 1. The highest BCUT2D eigenvalue weighted by atomic mass is 16.5. The minimum atomic E-state index is -0.946. The van der Waals surface area contributed by atoms with Crippen LogP contribution < -0.4 is 4.74 Å². The maximum Gasteiger partial charge on any atom is 0.336 e. The lowest BCUT2D eigenvalue weighted by Gasteiger charge is -2.16. The van der Waals surface area contributed by atoms with Crippen LogP contribution in [0.2, 0.25) is 0 Å². The maximum absolute atomic E-state index is 11.7. The molecule has 1 aliphatic rings. The molecule has 25 heavy (non-hydrogen) atoms. The second-order valence-corrected chi connectivity index (χ2v) is 6.16. The first-order chi connectivity index (χ1) is 12.2. The fourth-order valence-corrected chi connectivity index (χ4v) is 3.06. The van der Waals surface area contributed by atoms with Gasteiger partial charge in [-0.2, -0.15) is 0 Å². The van der Waals surface area contributed by atoms with Gasteiger partial charge in [-0.15, -0.1) is 0 Å². The first-order valence-corrected chi connectivity index (χ1v) is 8.68. The van der Waals surface area contributed by atoms with Crippen LogP contribution in [0.3, 0.4) is 0 Å². The van der Waals surface area contributed by atoms with E-state index in [1.807, 2.05) is 42.5 Å². The van der Waals surface area contributed by atoms with Crippen LogP contribution in [-0.4, -0.2) is 42.2 Å². The highest BCUT2D eigenvalue weighted by Crippen LogP contribution is 2.25. The molecule has 0 saturated carbocycles. The third-order valence-corrected chi connectivity index (χ3v) is 4.40. The summed E-state index contributed by atoms with van der Waals surface area (Å²) < 4.78 is 5.94. The zero-order valence-electron chi connectivity index (χ0n) is 14.2. The Hall–Kier alpha value is -2.59. The molecule has 0 bridgehead atoms. The van der Waals surface area contributed by atoms with Gasteiger partial charge in [0.15, 0.2) is 0 Å². The molecule has 0 aromatic heterocycles. The molecule has 0 atom stereocenters. The number of rotatable bonds is 7. The summed E-state index contributed by atoms with van der Waals surface area (Å²) in [4.78, 5) is 14.1. The summed E-state index contributed by atoms with van der Waals surface area (Å²) in [5.41, 5.74) is 1.73. The highest BCUT2D eigenvalue weighted by Gasteiger charge is 2.13. The molecule has 4 heteroatoms. The Morgan fingerprint density at radius 3 is 2.44 bits per heavy atom. The van der Waals surface area contributed by atoms with Crippen molar-refractivity contribution in [3.05, 3.63) is 65.7 Å². The van der Waals surface area contributed by atoms with E-state index in [1.165, 1.54) is 12.8 Å². The zero-order valence-corrected chi connectivity index (χ0v) is 14.2. The summed E-state index contributed by atoms with van der Waals surface area (Å²) in [6.45, 7) is 3.80. The largest absolute Gasteiger partial charge is 0.492 e. The Morgan fingerprint density at radius 2 is 1.72 bits per heavy atom. The standard InChI is InChI=1S/C21H23NO3/c23-21(24)19(17-8-2-1-3-9-17)16-18-10-4-5-11-20(18)25-15-14-22-12-6-7-13-22/h1-5,8-11,16H,6-7,12-15H2,(H,23,24). The van der Waals surface area contributed by atoms with Crippen LogP contribution in [0.5, 0.6) is 5.75 Å². The topological polar surface area (TPSA) is 49.8 Å².